The van der Waals surface area contributed by atoms with E-state index in [-0.39, 0.29) is 11.8 Å². The first kappa shape index (κ1) is 52.5. The summed E-state index contributed by atoms with van der Waals surface area (Å²) >= 11 is 0. The molecule has 0 aromatic heterocycles. The number of carbonyl (C=O) groups excluding carboxylic acids is 2. The van der Waals surface area contributed by atoms with Gasteiger partial charge in [0, 0.05) is 25.9 Å². The first-order chi connectivity index (χ1) is 30.4. The molecule has 0 heterocycles. The van der Waals surface area contributed by atoms with E-state index in [9.17, 15) is 19.8 Å². The Balaban J connectivity index is 1.15. The van der Waals surface area contributed by atoms with E-state index in [1.807, 2.05) is 42.5 Å². The molecule has 4 N–H and O–H groups in total. The third kappa shape index (κ3) is 24.2. The van der Waals surface area contributed by atoms with Gasteiger partial charge in [0.05, 0.1) is 0 Å². The summed E-state index contributed by atoms with van der Waals surface area (Å²) in [5.74, 6) is 2.07. The van der Waals surface area contributed by atoms with Crippen LogP contribution in [-0.4, -0.2) is 22.0 Å². The fourth-order valence-electron chi connectivity index (χ4n) is 9.11. The average molecular weight is 853 g/mol. The quantitative estimate of drug-likeness (QED) is 0.0432. The van der Waals surface area contributed by atoms with Crippen LogP contribution in [0.4, 0.5) is 0 Å². The van der Waals surface area contributed by atoms with Crippen LogP contribution in [0.1, 0.15) is 241 Å². The van der Waals surface area contributed by atoms with Crippen molar-refractivity contribution in [2.75, 3.05) is 0 Å². The number of carbonyl (C=O) groups is 2. The summed E-state index contributed by atoms with van der Waals surface area (Å²) in [6.07, 6.45) is 34.8. The van der Waals surface area contributed by atoms with Crippen molar-refractivity contribution in [3.8, 4) is 11.5 Å². The lowest BCUT2D eigenvalue weighted by atomic mass is 9.87. The van der Waals surface area contributed by atoms with Crippen LogP contribution in [0.3, 0.4) is 0 Å². The zero-order valence-electron chi connectivity index (χ0n) is 39.4. The molecule has 62 heavy (non-hydrogen) atoms. The number of phenolic OH excluding ortho intramolecular Hbond substituents is 2. The zero-order valence-corrected chi connectivity index (χ0v) is 39.4. The minimum atomic E-state index is 0.111. The molecule has 0 saturated carbocycles. The zero-order chi connectivity index (χ0) is 44.3. The van der Waals surface area contributed by atoms with Gasteiger partial charge in [-0.3, -0.25) is 9.59 Å². The number of phenols is 2. The third-order valence-corrected chi connectivity index (χ3v) is 12.9. The Kier molecular flexibility index (Phi) is 29.4. The van der Waals surface area contributed by atoms with Crippen molar-refractivity contribution < 1.29 is 19.8 Å². The summed E-state index contributed by atoms with van der Waals surface area (Å²) in [6, 6.07) is 24.0. The van der Waals surface area contributed by atoms with Crippen molar-refractivity contribution in [3.05, 3.63) is 95.1 Å². The first-order valence-electron chi connectivity index (χ1n) is 25.6. The molecule has 0 spiro atoms. The van der Waals surface area contributed by atoms with Gasteiger partial charge >= 0.3 is 0 Å². The van der Waals surface area contributed by atoms with Gasteiger partial charge in [-0.05, 0) is 84.7 Å². The van der Waals surface area contributed by atoms with Gasteiger partial charge in [0.1, 0.15) is 11.5 Å². The monoisotopic (exact) mass is 853 g/mol. The van der Waals surface area contributed by atoms with Gasteiger partial charge in [0.15, 0.2) is 0 Å². The topological polar surface area (TPSA) is 98.7 Å². The molecule has 0 bridgehead atoms. The van der Waals surface area contributed by atoms with Crippen molar-refractivity contribution in [1.82, 2.24) is 10.6 Å². The minimum absolute atomic E-state index is 0.111. The Morgan fingerprint density at radius 3 is 1.10 bits per heavy atom. The van der Waals surface area contributed by atoms with E-state index in [1.54, 1.807) is 0 Å². The average Bonchev–Trinajstić information content (AvgIpc) is 3.28. The number of aromatic hydroxyl groups is 2. The fourth-order valence-corrected chi connectivity index (χ4v) is 9.11. The van der Waals surface area contributed by atoms with Crippen molar-refractivity contribution in [2.24, 2.45) is 0 Å². The third-order valence-electron chi connectivity index (χ3n) is 12.9. The largest absolute Gasteiger partial charge is 0.508 e. The summed E-state index contributed by atoms with van der Waals surface area (Å²) in [5, 5.41) is 27.1. The molecule has 0 saturated heterocycles. The van der Waals surface area contributed by atoms with E-state index < -0.39 is 0 Å². The molecule has 0 radical (unpaired) electrons. The van der Waals surface area contributed by atoms with Gasteiger partial charge in [-0.15, -0.1) is 0 Å². The number of nitrogens with one attached hydrogen (secondary N) is 2. The Hall–Kier alpha value is -3.80. The molecule has 3 rings (SSSR count). The first-order valence-corrected chi connectivity index (χ1v) is 25.6. The highest BCUT2D eigenvalue weighted by molar-refractivity contribution is 5.76. The Bertz CT molecular complexity index is 1480. The maximum atomic E-state index is 12.6. The van der Waals surface area contributed by atoms with E-state index in [0.717, 1.165) is 60.8 Å². The summed E-state index contributed by atoms with van der Waals surface area (Å²) in [7, 11) is 0. The van der Waals surface area contributed by atoms with Gasteiger partial charge < -0.3 is 20.8 Å². The predicted octanol–water partition coefficient (Wildman–Crippen LogP) is 15.6. The number of unbranched alkanes of at least 4 members (excludes halogenated alkanes) is 20. The summed E-state index contributed by atoms with van der Waals surface area (Å²) in [4.78, 5) is 25.1. The molecule has 3 aromatic rings. The second-order valence-electron chi connectivity index (χ2n) is 18.3. The van der Waals surface area contributed by atoms with Gasteiger partial charge in [-0.2, -0.15) is 0 Å². The number of amides is 2. The second-order valence-corrected chi connectivity index (χ2v) is 18.3. The Labute approximate surface area is 378 Å². The van der Waals surface area contributed by atoms with E-state index in [4.69, 9.17) is 0 Å². The molecule has 0 aliphatic heterocycles. The number of benzene rings is 3. The van der Waals surface area contributed by atoms with Crippen molar-refractivity contribution in [3.63, 3.8) is 0 Å². The van der Waals surface area contributed by atoms with Crippen LogP contribution in [0.2, 0.25) is 0 Å². The standard InChI is InChI=1S/C56H88N2O4/c1-3-5-7-21-34-49(51-38-27-29-40-53(51)59)36-23-17-13-9-11-15-19-25-42-55(61)57-45-47-32-31-33-48(44-47)46-58-56(62)43-26-20-16-12-10-14-18-24-37-50(35-22-8-6-4-2)52-39-28-30-41-54(52)60/h27-33,38-41,44,49-50,59-60H,3-26,34-37,42-43,45-46H2,1-2H3,(H,57,61)(H,58,62). The Morgan fingerprint density at radius 2 is 0.742 bits per heavy atom. The molecule has 0 aliphatic carbocycles. The highest BCUT2D eigenvalue weighted by Crippen LogP contribution is 2.35. The Morgan fingerprint density at radius 1 is 0.419 bits per heavy atom. The SMILES string of the molecule is CCCCCCC(CCCCCCCCCCC(=O)NCc1cccc(CNC(=O)CCCCCCCCCCC(CCCCCC)c2ccccc2O)c1)c1ccccc1O. The summed E-state index contributed by atoms with van der Waals surface area (Å²) < 4.78 is 0. The van der Waals surface area contributed by atoms with Gasteiger partial charge in [-0.1, -0.05) is 216 Å². The van der Waals surface area contributed by atoms with Crippen LogP contribution >= 0.6 is 0 Å². The summed E-state index contributed by atoms with van der Waals surface area (Å²) in [6.45, 7) is 5.54. The number of hydrogen-bond donors (Lipinski definition) is 4. The van der Waals surface area contributed by atoms with E-state index in [2.05, 4.69) is 54.8 Å². The maximum Gasteiger partial charge on any atom is 0.220 e. The minimum Gasteiger partial charge on any atom is -0.508 e. The van der Waals surface area contributed by atoms with Gasteiger partial charge in [-0.25, -0.2) is 0 Å². The highest BCUT2D eigenvalue weighted by Gasteiger charge is 2.16. The number of para-hydroxylation sites is 2. The van der Waals surface area contributed by atoms with Crippen LogP contribution in [-0.2, 0) is 22.7 Å². The van der Waals surface area contributed by atoms with Crippen LogP contribution < -0.4 is 10.6 Å². The molecule has 346 valence electrons. The molecule has 6 heteroatoms. The molecule has 0 fully saturated rings. The normalized spacial score (nSPS) is 12.3. The van der Waals surface area contributed by atoms with Gasteiger partial charge in [0.25, 0.3) is 0 Å². The number of rotatable bonds is 38. The lowest BCUT2D eigenvalue weighted by Gasteiger charge is -2.18. The van der Waals surface area contributed by atoms with E-state index >= 15 is 0 Å². The predicted molar refractivity (Wildman–Crippen MR) is 262 cm³/mol. The van der Waals surface area contributed by atoms with Crippen LogP contribution in [0.15, 0.2) is 72.8 Å². The maximum absolute atomic E-state index is 12.6. The van der Waals surface area contributed by atoms with Crippen molar-refractivity contribution in [1.29, 1.82) is 0 Å². The van der Waals surface area contributed by atoms with E-state index in [1.165, 1.54) is 141 Å². The van der Waals surface area contributed by atoms with E-state index in [0.29, 0.717) is 49.3 Å². The molecular weight excluding hydrogens is 765 g/mol. The van der Waals surface area contributed by atoms with Crippen LogP contribution in [0.5, 0.6) is 11.5 Å². The molecule has 2 atom stereocenters. The smallest absolute Gasteiger partial charge is 0.220 e. The molecule has 6 nitrogen and oxygen atoms in total. The van der Waals surface area contributed by atoms with Crippen LogP contribution in [0.25, 0.3) is 0 Å². The molecule has 2 unspecified atom stereocenters. The molecule has 2 amide bonds. The fraction of sp³-hybridized carbons (Fsp3) is 0.643. The molecular formula is C56H88N2O4. The second kappa shape index (κ2) is 34.7. The lowest BCUT2D eigenvalue weighted by Crippen LogP contribution is -2.23. The summed E-state index contributed by atoms with van der Waals surface area (Å²) in [5.41, 5.74) is 4.39. The van der Waals surface area contributed by atoms with Crippen LogP contribution in [0, 0.1) is 0 Å². The van der Waals surface area contributed by atoms with Crippen molar-refractivity contribution >= 4 is 11.8 Å². The number of hydrogen-bond acceptors (Lipinski definition) is 4. The highest BCUT2D eigenvalue weighted by atomic mass is 16.3. The van der Waals surface area contributed by atoms with Crippen molar-refractivity contribution in [2.45, 2.75) is 231 Å². The lowest BCUT2D eigenvalue weighted by molar-refractivity contribution is -0.122. The molecule has 3 aromatic carbocycles. The molecule has 0 aliphatic rings. The van der Waals surface area contributed by atoms with Gasteiger partial charge in [0.2, 0.25) is 11.8 Å².